The second kappa shape index (κ2) is 9.67. The van der Waals surface area contributed by atoms with Gasteiger partial charge >= 0.3 is 12.0 Å². The van der Waals surface area contributed by atoms with Crippen LogP contribution in [0, 0.1) is 0 Å². The second-order valence-corrected chi connectivity index (χ2v) is 7.69. The van der Waals surface area contributed by atoms with Gasteiger partial charge in [0.1, 0.15) is 0 Å². The Balaban J connectivity index is 3.08. The first-order chi connectivity index (χ1) is 12.6. The number of nitrogens with one attached hydrogen (secondary N) is 2. The van der Waals surface area contributed by atoms with Crippen LogP contribution >= 0.6 is 11.6 Å². The number of rotatable bonds is 7. The van der Waals surface area contributed by atoms with Crippen LogP contribution in [-0.2, 0) is 19.6 Å². The zero-order chi connectivity index (χ0) is 20.8. The molecule has 1 atom stereocenters. The molecule has 0 bridgehead atoms. The summed E-state index contributed by atoms with van der Waals surface area (Å²) in [6.07, 6.45) is -1.30. The summed E-state index contributed by atoms with van der Waals surface area (Å²) in [6, 6.07) is 2.90. The number of hydrogen-bond donors (Lipinski definition) is 2. The van der Waals surface area contributed by atoms with Crippen LogP contribution in [0.25, 0.3) is 0 Å². The summed E-state index contributed by atoms with van der Waals surface area (Å²) in [6.45, 7) is 5.17. The molecule has 0 saturated heterocycles. The summed E-state index contributed by atoms with van der Waals surface area (Å²) in [5.41, 5.74) is -0.204. The highest BCUT2D eigenvalue weighted by Crippen LogP contribution is 2.24. The number of carbonyl (C=O) groups excluding carboxylic acids is 3. The lowest BCUT2D eigenvalue weighted by atomic mass is 10.2. The standard InChI is InChI=1S/C16H22ClN3O6S/c1-5-20(6-2)27(24,25)11-7-8-13(17)12(9-11)15(22)26-10(3)14(21)19-16(23)18-4/h7-10H,5-6H2,1-4H3,(H2,18,19,21,23)/t10-/m0/s1. The Labute approximate surface area is 163 Å². The molecule has 27 heavy (non-hydrogen) atoms. The monoisotopic (exact) mass is 419 g/mol. The lowest BCUT2D eigenvalue weighted by molar-refractivity contribution is -0.127. The second-order valence-electron chi connectivity index (χ2n) is 5.35. The van der Waals surface area contributed by atoms with Crippen LogP contribution in [-0.4, -0.2) is 56.9 Å². The number of halogens is 1. The number of ether oxygens (including phenoxy) is 1. The van der Waals surface area contributed by atoms with E-state index in [0.717, 1.165) is 6.07 Å². The maximum atomic E-state index is 12.6. The van der Waals surface area contributed by atoms with E-state index in [0.29, 0.717) is 0 Å². The number of carbonyl (C=O) groups is 3. The molecule has 0 aliphatic carbocycles. The predicted octanol–water partition coefficient (Wildman–Crippen LogP) is 1.37. The Morgan fingerprint density at radius 3 is 2.33 bits per heavy atom. The number of urea groups is 1. The molecule has 1 aromatic rings. The van der Waals surface area contributed by atoms with Crippen molar-refractivity contribution >= 4 is 39.5 Å². The van der Waals surface area contributed by atoms with E-state index in [-0.39, 0.29) is 28.6 Å². The fourth-order valence-electron chi connectivity index (χ4n) is 2.09. The normalized spacial score (nSPS) is 12.4. The molecular formula is C16H22ClN3O6S. The first-order valence-corrected chi connectivity index (χ1v) is 9.93. The van der Waals surface area contributed by atoms with E-state index < -0.39 is 34.0 Å². The van der Waals surface area contributed by atoms with Crippen LogP contribution in [0.3, 0.4) is 0 Å². The van der Waals surface area contributed by atoms with Gasteiger partial charge < -0.3 is 10.1 Å². The molecule has 0 aliphatic heterocycles. The zero-order valence-electron chi connectivity index (χ0n) is 15.4. The Hall–Kier alpha value is -2.17. The maximum absolute atomic E-state index is 12.6. The molecule has 0 aliphatic rings. The van der Waals surface area contributed by atoms with Gasteiger partial charge in [0.2, 0.25) is 10.0 Å². The van der Waals surface area contributed by atoms with E-state index in [2.05, 4.69) is 5.32 Å². The first-order valence-electron chi connectivity index (χ1n) is 8.11. The van der Waals surface area contributed by atoms with Crippen molar-refractivity contribution in [1.82, 2.24) is 14.9 Å². The van der Waals surface area contributed by atoms with Crippen LogP contribution < -0.4 is 10.6 Å². The fraction of sp³-hybridized carbons (Fsp3) is 0.438. The van der Waals surface area contributed by atoms with Crippen LogP contribution in [0.4, 0.5) is 4.79 Å². The lowest BCUT2D eigenvalue weighted by Crippen LogP contribution is -2.43. The molecule has 2 N–H and O–H groups in total. The number of amides is 3. The van der Waals surface area contributed by atoms with Gasteiger partial charge in [0, 0.05) is 20.1 Å². The number of nitrogens with zero attached hydrogens (tertiary/aromatic N) is 1. The molecule has 0 spiro atoms. The SMILES string of the molecule is CCN(CC)S(=O)(=O)c1ccc(Cl)c(C(=O)O[C@@H](C)C(=O)NC(=O)NC)c1. The minimum Gasteiger partial charge on any atom is -0.449 e. The third kappa shape index (κ3) is 5.65. The Kier molecular flexibility index (Phi) is 8.20. The molecule has 1 aromatic carbocycles. The summed E-state index contributed by atoms with van der Waals surface area (Å²) < 4.78 is 31.4. The van der Waals surface area contributed by atoms with Gasteiger partial charge in [0.05, 0.1) is 15.5 Å². The first kappa shape index (κ1) is 22.9. The van der Waals surface area contributed by atoms with Crippen molar-refractivity contribution < 1.29 is 27.5 Å². The molecular weight excluding hydrogens is 398 g/mol. The summed E-state index contributed by atoms with van der Waals surface area (Å²) in [5, 5.41) is 4.12. The number of hydrogen-bond acceptors (Lipinski definition) is 6. The third-order valence-electron chi connectivity index (χ3n) is 3.62. The molecule has 9 nitrogen and oxygen atoms in total. The topological polar surface area (TPSA) is 122 Å². The summed E-state index contributed by atoms with van der Waals surface area (Å²) in [4.78, 5) is 35.1. The number of sulfonamides is 1. The Bertz CT molecular complexity index is 823. The molecule has 0 saturated carbocycles. The van der Waals surface area contributed by atoms with Gasteiger partial charge in [-0.05, 0) is 25.1 Å². The maximum Gasteiger partial charge on any atom is 0.340 e. The van der Waals surface area contributed by atoms with Crippen molar-refractivity contribution in [3.05, 3.63) is 28.8 Å². The highest BCUT2D eigenvalue weighted by atomic mass is 35.5. The Morgan fingerprint density at radius 2 is 1.81 bits per heavy atom. The van der Waals surface area contributed by atoms with E-state index >= 15 is 0 Å². The van der Waals surface area contributed by atoms with Crippen molar-refractivity contribution in [2.24, 2.45) is 0 Å². The zero-order valence-corrected chi connectivity index (χ0v) is 17.0. The average Bonchev–Trinajstić information content (AvgIpc) is 2.62. The van der Waals surface area contributed by atoms with Crippen molar-refractivity contribution in [1.29, 1.82) is 0 Å². The third-order valence-corrected chi connectivity index (χ3v) is 5.99. The van der Waals surface area contributed by atoms with Gasteiger partial charge in [-0.1, -0.05) is 25.4 Å². The smallest absolute Gasteiger partial charge is 0.340 e. The van der Waals surface area contributed by atoms with Crippen molar-refractivity contribution in [2.75, 3.05) is 20.1 Å². The highest BCUT2D eigenvalue weighted by molar-refractivity contribution is 7.89. The highest BCUT2D eigenvalue weighted by Gasteiger charge is 2.26. The summed E-state index contributed by atoms with van der Waals surface area (Å²) in [5.74, 6) is -1.83. The van der Waals surface area contributed by atoms with Gasteiger partial charge in [-0.15, -0.1) is 0 Å². The summed E-state index contributed by atoms with van der Waals surface area (Å²) >= 11 is 5.98. The quantitative estimate of drug-likeness (QED) is 0.643. The van der Waals surface area contributed by atoms with E-state index in [4.69, 9.17) is 16.3 Å². The van der Waals surface area contributed by atoms with E-state index in [1.165, 1.54) is 30.4 Å². The van der Waals surface area contributed by atoms with E-state index in [1.54, 1.807) is 13.8 Å². The van der Waals surface area contributed by atoms with Crippen molar-refractivity contribution in [3.63, 3.8) is 0 Å². The minimum absolute atomic E-state index is 0.0302. The van der Waals surface area contributed by atoms with Gasteiger partial charge in [-0.2, -0.15) is 4.31 Å². The van der Waals surface area contributed by atoms with Gasteiger partial charge in [0.25, 0.3) is 5.91 Å². The molecule has 0 fully saturated rings. The number of benzene rings is 1. The molecule has 150 valence electrons. The minimum atomic E-state index is -3.80. The predicted molar refractivity (Wildman–Crippen MR) is 99.0 cm³/mol. The summed E-state index contributed by atoms with van der Waals surface area (Å²) in [7, 11) is -2.48. The Morgan fingerprint density at radius 1 is 1.22 bits per heavy atom. The average molecular weight is 420 g/mol. The van der Waals surface area contributed by atoms with Gasteiger partial charge in [-0.25, -0.2) is 18.0 Å². The van der Waals surface area contributed by atoms with Crippen LogP contribution in [0.2, 0.25) is 5.02 Å². The van der Waals surface area contributed by atoms with Crippen LogP contribution in [0.5, 0.6) is 0 Å². The molecule has 0 heterocycles. The van der Waals surface area contributed by atoms with Gasteiger partial charge in [-0.3, -0.25) is 10.1 Å². The molecule has 3 amide bonds. The van der Waals surface area contributed by atoms with Gasteiger partial charge in [0.15, 0.2) is 6.10 Å². The molecule has 0 unspecified atom stereocenters. The largest absolute Gasteiger partial charge is 0.449 e. The van der Waals surface area contributed by atoms with E-state index in [1.807, 2.05) is 5.32 Å². The molecule has 0 radical (unpaired) electrons. The lowest BCUT2D eigenvalue weighted by Gasteiger charge is -2.19. The molecule has 11 heteroatoms. The van der Waals surface area contributed by atoms with Crippen molar-refractivity contribution in [2.45, 2.75) is 31.8 Å². The van der Waals surface area contributed by atoms with Crippen LogP contribution in [0.1, 0.15) is 31.1 Å². The molecule has 1 rings (SSSR count). The van der Waals surface area contributed by atoms with Crippen molar-refractivity contribution in [3.8, 4) is 0 Å². The fourth-order valence-corrected chi connectivity index (χ4v) is 3.77. The number of esters is 1. The van der Waals surface area contributed by atoms with E-state index in [9.17, 15) is 22.8 Å². The number of imide groups is 1. The van der Waals surface area contributed by atoms with Crippen LogP contribution in [0.15, 0.2) is 23.1 Å². The molecule has 0 aromatic heterocycles.